The lowest BCUT2D eigenvalue weighted by molar-refractivity contribution is 0.363. The van der Waals surface area contributed by atoms with Crippen molar-refractivity contribution in [1.29, 1.82) is 0 Å². The molecule has 0 amide bonds. The fraction of sp³-hybridized carbons (Fsp3) is 0.0714. The average Bonchev–Trinajstić information content (AvgIpc) is 4.02. The van der Waals surface area contributed by atoms with E-state index in [1.807, 2.05) is 30.3 Å². The van der Waals surface area contributed by atoms with E-state index >= 15 is 0 Å². The van der Waals surface area contributed by atoms with Gasteiger partial charge in [-0.25, -0.2) is 0 Å². The molecule has 8 aromatic carbocycles. The summed E-state index contributed by atoms with van der Waals surface area (Å²) in [7, 11) is 0. The van der Waals surface area contributed by atoms with E-state index in [9.17, 15) is 0 Å². The molecule has 3 aromatic heterocycles. The van der Waals surface area contributed by atoms with Crippen LogP contribution in [0.5, 0.6) is 5.75 Å². The quantitative estimate of drug-likeness (QED) is 0.162. The van der Waals surface area contributed by atoms with Crippen LogP contribution in [-0.2, 0) is 5.41 Å². The third kappa shape index (κ3) is 5.17. The van der Waals surface area contributed by atoms with Crippen LogP contribution in [0.4, 0.5) is 0 Å². The molecule has 0 saturated carbocycles. The summed E-state index contributed by atoms with van der Waals surface area (Å²) < 4.78 is 17.7. The lowest BCUT2D eigenvalue weighted by atomic mass is 9.82. The van der Waals surface area contributed by atoms with Gasteiger partial charge in [0.15, 0.2) is 0 Å². The van der Waals surface area contributed by atoms with Crippen LogP contribution >= 0.6 is 0 Å². The van der Waals surface area contributed by atoms with Gasteiger partial charge in [0.1, 0.15) is 23.5 Å². The fourth-order valence-electron chi connectivity index (χ4n) is 9.91. The molecule has 0 atom stereocenters. The number of benzene rings is 8. The molecule has 0 spiro atoms. The van der Waals surface area contributed by atoms with Crippen LogP contribution in [0, 0.1) is 0 Å². The summed E-state index contributed by atoms with van der Waals surface area (Å²) in [6, 6.07) is 65.2. The molecule has 0 bridgehead atoms. The number of furan rings is 1. The summed E-state index contributed by atoms with van der Waals surface area (Å²) in [5.74, 6) is 0.856. The Labute approximate surface area is 347 Å². The van der Waals surface area contributed by atoms with E-state index in [0.29, 0.717) is 6.61 Å². The Morgan fingerprint density at radius 1 is 0.533 bits per heavy atom. The predicted octanol–water partition coefficient (Wildman–Crippen LogP) is 14.7. The molecule has 1 aliphatic rings. The molecule has 4 heteroatoms. The van der Waals surface area contributed by atoms with Gasteiger partial charge in [0.25, 0.3) is 0 Å². The van der Waals surface area contributed by atoms with Crippen LogP contribution < -0.4 is 4.74 Å². The number of rotatable bonds is 7. The van der Waals surface area contributed by atoms with Crippen LogP contribution in [0.3, 0.4) is 0 Å². The standard InChI is InChI=1S/C56H40N2O2/c1-56(2)47-24-11-9-20-43(47)46-35-40(28-29-48(46)56)57-39(17-14-32-59-41-18-7-4-8-19-41)33-37-27-26-36(34-51(37)57)42-22-13-23-45-54-52(60-55(42)45)31-30-50-53(54)44-21-10-12-25-49(44)58(50)38-15-5-3-6-16-38/h3-31,33-35H,32H2,1-2H3/b17-14-. The number of hydrogen-bond donors (Lipinski definition) is 0. The summed E-state index contributed by atoms with van der Waals surface area (Å²) >= 11 is 0. The highest BCUT2D eigenvalue weighted by Crippen LogP contribution is 2.50. The van der Waals surface area contributed by atoms with Crippen molar-refractivity contribution in [2.24, 2.45) is 0 Å². The largest absolute Gasteiger partial charge is 0.490 e. The third-order valence-electron chi connectivity index (χ3n) is 12.7. The molecule has 0 N–H and O–H groups in total. The highest BCUT2D eigenvalue weighted by molar-refractivity contribution is 6.28. The molecule has 1 aliphatic carbocycles. The fourth-order valence-corrected chi connectivity index (χ4v) is 9.91. The minimum Gasteiger partial charge on any atom is -0.490 e. The van der Waals surface area contributed by atoms with Crippen molar-refractivity contribution < 1.29 is 9.15 Å². The highest BCUT2D eigenvalue weighted by atomic mass is 16.5. The number of ether oxygens (including phenoxy) is 1. The summed E-state index contributed by atoms with van der Waals surface area (Å²) in [4.78, 5) is 0. The third-order valence-corrected chi connectivity index (χ3v) is 12.7. The molecule has 3 heterocycles. The van der Waals surface area contributed by atoms with Crippen LogP contribution in [-0.4, -0.2) is 15.7 Å². The molecule has 0 unspecified atom stereocenters. The molecule has 4 nitrogen and oxygen atoms in total. The van der Waals surface area contributed by atoms with E-state index in [0.717, 1.165) is 72.3 Å². The lowest BCUT2D eigenvalue weighted by Gasteiger charge is -2.21. The van der Waals surface area contributed by atoms with E-state index in [1.165, 1.54) is 38.5 Å². The monoisotopic (exact) mass is 772 g/mol. The predicted molar refractivity (Wildman–Crippen MR) is 249 cm³/mol. The first-order chi connectivity index (χ1) is 29.5. The molecule has 12 rings (SSSR count). The van der Waals surface area contributed by atoms with Crippen molar-refractivity contribution in [1.82, 2.24) is 9.13 Å². The maximum Gasteiger partial charge on any atom is 0.143 e. The zero-order valence-corrected chi connectivity index (χ0v) is 33.4. The number of para-hydroxylation sites is 4. The second kappa shape index (κ2) is 13.2. The maximum atomic E-state index is 6.91. The van der Waals surface area contributed by atoms with Crippen LogP contribution in [0.15, 0.2) is 192 Å². The first-order valence-electron chi connectivity index (χ1n) is 20.7. The second-order valence-corrected chi connectivity index (χ2v) is 16.4. The van der Waals surface area contributed by atoms with Gasteiger partial charge in [0.2, 0.25) is 0 Å². The summed E-state index contributed by atoms with van der Waals surface area (Å²) in [5.41, 5.74) is 16.0. The zero-order valence-electron chi connectivity index (χ0n) is 33.4. The molecule has 60 heavy (non-hydrogen) atoms. The Morgan fingerprint density at radius 3 is 2.17 bits per heavy atom. The Balaban J connectivity index is 1.04. The van der Waals surface area contributed by atoms with Crippen molar-refractivity contribution >= 4 is 60.7 Å². The molecule has 0 aliphatic heterocycles. The van der Waals surface area contributed by atoms with E-state index in [1.54, 1.807) is 0 Å². The first kappa shape index (κ1) is 34.5. The van der Waals surface area contributed by atoms with Crippen molar-refractivity contribution in [2.45, 2.75) is 19.3 Å². The van der Waals surface area contributed by atoms with Crippen LogP contribution in [0.1, 0.15) is 30.7 Å². The van der Waals surface area contributed by atoms with Gasteiger partial charge in [-0.2, -0.15) is 0 Å². The van der Waals surface area contributed by atoms with Crippen molar-refractivity contribution in [2.75, 3.05) is 6.61 Å². The molecular formula is C56H40N2O2. The normalized spacial score (nSPS) is 13.3. The maximum absolute atomic E-state index is 6.91. The van der Waals surface area contributed by atoms with Crippen molar-refractivity contribution in [3.8, 4) is 39.4 Å². The Hall–Kier alpha value is -7.56. The van der Waals surface area contributed by atoms with Gasteiger partial charge in [-0.1, -0.05) is 129 Å². The van der Waals surface area contributed by atoms with Crippen molar-refractivity contribution in [3.05, 3.63) is 205 Å². The number of fused-ring (bicyclic) bond motifs is 11. The molecular weight excluding hydrogens is 733 g/mol. The minimum absolute atomic E-state index is 0.0683. The summed E-state index contributed by atoms with van der Waals surface area (Å²) in [6.07, 6.45) is 4.29. The van der Waals surface area contributed by atoms with E-state index < -0.39 is 0 Å². The number of hydrogen-bond acceptors (Lipinski definition) is 2. The zero-order chi connectivity index (χ0) is 40.0. The minimum atomic E-state index is -0.0683. The Morgan fingerprint density at radius 2 is 1.28 bits per heavy atom. The van der Waals surface area contributed by atoms with Gasteiger partial charge in [-0.3, -0.25) is 0 Å². The van der Waals surface area contributed by atoms with Gasteiger partial charge in [0.05, 0.1) is 16.6 Å². The second-order valence-electron chi connectivity index (χ2n) is 16.4. The van der Waals surface area contributed by atoms with Gasteiger partial charge in [-0.05, 0) is 107 Å². The van der Waals surface area contributed by atoms with Crippen LogP contribution in [0.2, 0.25) is 0 Å². The topological polar surface area (TPSA) is 32.2 Å². The average molecular weight is 773 g/mol. The SMILES string of the molecule is CC1(C)c2ccccc2-c2cc(-n3c(/C=C\COc4ccccc4)cc4ccc(-c5cccc6c5oc5ccc7c(c8ccccc8n7-c7ccccc7)c56)cc43)ccc21. The van der Waals surface area contributed by atoms with E-state index in [2.05, 4.69) is 187 Å². The Kier molecular flexibility index (Phi) is 7.61. The van der Waals surface area contributed by atoms with Crippen molar-refractivity contribution in [3.63, 3.8) is 0 Å². The summed E-state index contributed by atoms with van der Waals surface area (Å²) in [5, 5.41) is 5.84. The Bertz CT molecular complexity index is 3510. The van der Waals surface area contributed by atoms with Gasteiger partial charge in [0, 0.05) is 55.0 Å². The smallest absolute Gasteiger partial charge is 0.143 e. The lowest BCUT2D eigenvalue weighted by Crippen LogP contribution is -2.14. The van der Waals surface area contributed by atoms with E-state index in [4.69, 9.17) is 9.15 Å². The van der Waals surface area contributed by atoms with Gasteiger partial charge < -0.3 is 18.3 Å². The number of nitrogens with zero attached hydrogens (tertiary/aromatic N) is 2. The number of aromatic nitrogens is 2. The molecule has 0 saturated heterocycles. The van der Waals surface area contributed by atoms with Gasteiger partial charge in [-0.15, -0.1) is 0 Å². The first-order valence-corrected chi connectivity index (χ1v) is 20.7. The highest BCUT2D eigenvalue weighted by Gasteiger charge is 2.35. The molecule has 11 aromatic rings. The molecule has 0 radical (unpaired) electrons. The van der Waals surface area contributed by atoms with E-state index in [-0.39, 0.29) is 5.41 Å². The van der Waals surface area contributed by atoms with Crippen LogP contribution in [0.25, 0.3) is 94.4 Å². The molecule has 0 fully saturated rings. The van der Waals surface area contributed by atoms with Gasteiger partial charge >= 0.3 is 0 Å². The molecule has 286 valence electrons. The summed E-state index contributed by atoms with van der Waals surface area (Å²) in [6.45, 7) is 5.13.